The second-order valence-corrected chi connectivity index (χ2v) is 8.27. The average molecular weight is 566 g/mol. The lowest BCUT2D eigenvalue weighted by atomic mass is 9.89. The Bertz CT molecular complexity index is 752. The van der Waals surface area contributed by atoms with E-state index in [1.165, 1.54) is 0 Å². The lowest BCUT2D eigenvalue weighted by Crippen LogP contribution is -2.61. The normalized spacial score (nSPS) is 23.2. The van der Waals surface area contributed by atoms with Crippen molar-refractivity contribution in [2.24, 2.45) is 0 Å². The summed E-state index contributed by atoms with van der Waals surface area (Å²) in [5.41, 5.74) is -3.46. The van der Waals surface area contributed by atoms with Gasteiger partial charge in [0.15, 0.2) is 12.4 Å². The molecule has 0 aliphatic carbocycles. The van der Waals surface area contributed by atoms with E-state index in [1.54, 1.807) is 0 Å². The monoisotopic (exact) mass is 566 g/mol. The van der Waals surface area contributed by atoms with Crippen LogP contribution in [0, 0.1) is 0 Å². The third-order valence-electron chi connectivity index (χ3n) is 5.54. The molecule has 0 amide bonds. The van der Waals surface area contributed by atoms with E-state index < -0.39 is 117 Å². The Labute approximate surface area is 213 Å². The molecule has 0 aromatic carbocycles. The van der Waals surface area contributed by atoms with Gasteiger partial charge in [0.25, 0.3) is 0 Å². The lowest BCUT2D eigenvalue weighted by molar-refractivity contribution is -0.199. The molecule has 15 N–H and O–H groups in total. The minimum Gasteiger partial charge on any atom is -0.439 e. The van der Waals surface area contributed by atoms with Crippen molar-refractivity contribution in [3.63, 3.8) is 0 Å². The molecule has 0 fully saturated rings. The number of carbonyl (C=O) groups is 3. The number of aliphatic hydroxyl groups excluding tert-OH is 15. The third-order valence-corrected chi connectivity index (χ3v) is 5.54. The van der Waals surface area contributed by atoms with E-state index in [9.17, 15) is 80.8 Å². The molecule has 0 aromatic heterocycles. The van der Waals surface area contributed by atoms with Crippen LogP contribution in [-0.4, -0.2) is 193 Å². The predicted molar refractivity (Wildman–Crippen MR) is 113 cm³/mol. The molecule has 0 spiro atoms. The zero-order chi connectivity index (χ0) is 30.1. The van der Waals surface area contributed by atoms with Crippen molar-refractivity contribution < 1.29 is 95.7 Å². The summed E-state index contributed by atoms with van der Waals surface area (Å²) >= 11 is 0. The van der Waals surface area contributed by atoms with Crippen molar-refractivity contribution in [1.82, 2.24) is 0 Å². The molecule has 13 atom stereocenters. The SMILES string of the molecule is O=CC(CO)(OC(=O)C(O)C(O)C(O)C(O)C(O)C(O)CO)C(=O)C(O)C(O)C(O)C(O)C(O)C(O)CO. The first-order valence-corrected chi connectivity index (χ1v) is 10.7. The summed E-state index contributed by atoms with van der Waals surface area (Å²) in [7, 11) is 0. The summed E-state index contributed by atoms with van der Waals surface area (Å²) in [6.45, 7) is -4.03. The van der Waals surface area contributed by atoms with E-state index in [4.69, 9.17) is 10.2 Å². The van der Waals surface area contributed by atoms with Crippen LogP contribution in [-0.2, 0) is 19.1 Å². The summed E-state index contributed by atoms with van der Waals surface area (Å²) in [5.74, 6) is -4.25. The number of hydrogen-bond donors (Lipinski definition) is 15. The minimum absolute atomic E-state index is 0.609. The Kier molecular flexibility index (Phi) is 15.0. The van der Waals surface area contributed by atoms with Gasteiger partial charge in [-0.05, 0) is 0 Å². The van der Waals surface area contributed by atoms with Crippen LogP contribution in [0.4, 0.5) is 0 Å². The van der Waals surface area contributed by atoms with E-state index in [1.807, 2.05) is 0 Å². The van der Waals surface area contributed by atoms with Crippen molar-refractivity contribution in [1.29, 1.82) is 0 Å². The zero-order valence-corrected chi connectivity index (χ0v) is 19.5. The highest BCUT2D eigenvalue weighted by molar-refractivity contribution is 6.06. The van der Waals surface area contributed by atoms with Crippen molar-refractivity contribution in [2.75, 3.05) is 19.8 Å². The Morgan fingerprint density at radius 3 is 1.24 bits per heavy atom. The lowest BCUT2D eigenvalue weighted by Gasteiger charge is -2.34. The highest BCUT2D eigenvalue weighted by Crippen LogP contribution is 2.20. The van der Waals surface area contributed by atoms with Crippen molar-refractivity contribution in [3.05, 3.63) is 0 Å². The largest absolute Gasteiger partial charge is 0.439 e. The molecule has 224 valence electrons. The number of Topliss-reactive ketones (excluding diaryl/α,β-unsaturated/α-hetero) is 1. The Morgan fingerprint density at radius 2 is 0.921 bits per heavy atom. The fraction of sp³-hybridized carbons (Fsp3) is 0.842. The van der Waals surface area contributed by atoms with Gasteiger partial charge < -0.3 is 81.3 Å². The average Bonchev–Trinajstić information content (AvgIpc) is 2.94. The number of hydrogen-bond acceptors (Lipinski definition) is 19. The van der Waals surface area contributed by atoms with Crippen LogP contribution in [0.3, 0.4) is 0 Å². The summed E-state index contributed by atoms with van der Waals surface area (Å²) in [5, 5.41) is 144. The van der Waals surface area contributed by atoms with Crippen molar-refractivity contribution in [2.45, 2.75) is 78.8 Å². The topological polar surface area (TPSA) is 364 Å². The first-order valence-electron chi connectivity index (χ1n) is 10.7. The van der Waals surface area contributed by atoms with Gasteiger partial charge in [-0.1, -0.05) is 0 Å². The van der Waals surface area contributed by atoms with Gasteiger partial charge in [0.2, 0.25) is 11.4 Å². The molecule has 0 heterocycles. The molecule has 0 aliphatic heterocycles. The van der Waals surface area contributed by atoms with Gasteiger partial charge in [0, 0.05) is 0 Å². The fourth-order valence-electron chi connectivity index (χ4n) is 2.92. The molecular weight excluding hydrogens is 532 g/mol. The van der Waals surface area contributed by atoms with E-state index in [0.717, 1.165) is 0 Å². The number of carbonyl (C=O) groups excluding carboxylic acids is 3. The highest BCUT2D eigenvalue weighted by Gasteiger charge is 2.51. The molecule has 19 heteroatoms. The Hall–Kier alpha value is -1.79. The summed E-state index contributed by atoms with van der Waals surface area (Å²) in [4.78, 5) is 36.4. The van der Waals surface area contributed by atoms with E-state index in [0.29, 0.717) is 0 Å². The van der Waals surface area contributed by atoms with Gasteiger partial charge in [-0.3, -0.25) is 9.59 Å². The Morgan fingerprint density at radius 1 is 0.579 bits per heavy atom. The second kappa shape index (κ2) is 15.7. The van der Waals surface area contributed by atoms with Crippen LogP contribution < -0.4 is 0 Å². The van der Waals surface area contributed by atoms with Crippen LogP contribution in [0.15, 0.2) is 0 Å². The summed E-state index contributed by atoms with van der Waals surface area (Å²) < 4.78 is 4.36. The maximum atomic E-state index is 12.6. The van der Waals surface area contributed by atoms with E-state index in [2.05, 4.69) is 4.74 Å². The van der Waals surface area contributed by atoms with Gasteiger partial charge in [-0.15, -0.1) is 0 Å². The van der Waals surface area contributed by atoms with Crippen LogP contribution in [0.25, 0.3) is 0 Å². The second-order valence-electron chi connectivity index (χ2n) is 8.27. The fourth-order valence-corrected chi connectivity index (χ4v) is 2.92. The standard InChI is InChI=1S/C19H34O19/c20-1-5(24)7(26)9(28)11(30)13(32)15(34)17(36)19(3-22,4-23)38-18(37)16(35)14(33)12(31)10(29)8(27)6(25)2-21/h3,5-16,20-21,23-35H,1-2,4H2. The van der Waals surface area contributed by atoms with Crippen molar-refractivity contribution in [3.8, 4) is 0 Å². The highest BCUT2D eigenvalue weighted by atomic mass is 16.6. The van der Waals surface area contributed by atoms with Crippen LogP contribution in [0.2, 0.25) is 0 Å². The summed E-state index contributed by atoms with van der Waals surface area (Å²) in [6.07, 6.45) is -31.1. The molecule has 0 aromatic rings. The predicted octanol–water partition coefficient (Wildman–Crippen LogP) is -10.7. The maximum absolute atomic E-state index is 12.6. The van der Waals surface area contributed by atoms with Gasteiger partial charge >= 0.3 is 5.97 Å². The zero-order valence-electron chi connectivity index (χ0n) is 19.5. The van der Waals surface area contributed by atoms with Crippen LogP contribution >= 0.6 is 0 Å². The first-order chi connectivity index (χ1) is 17.5. The van der Waals surface area contributed by atoms with Gasteiger partial charge in [-0.2, -0.15) is 0 Å². The molecule has 0 bridgehead atoms. The maximum Gasteiger partial charge on any atom is 0.339 e. The number of aldehydes is 1. The molecular formula is C19H34O19. The number of ketones is 1. The number of aliphatic hydroxyl groups is 15. The number of ether oxygens (including phenoxy) is 1. The van der Waals surface area contributed by atoms with Gasteiger partial charge in [-0.25, -0.2) is 4.79 Å². The molecule has 0 saturated heterocycles. The van der Waals surface area contributed by atoms with Crippen molar-refractivity contribution >= 4 is 18.0 Å². The molecule has 0 rings (SSSR count). The first kappa shape index (κ1) is 36.2. The third kappa shape index (κ3) is 8.35. The van der Waals surface area contributed by atoms with Crippen LogP contribution in [0.1, 0.15) is 0 Å². The molecule has 38 heavy (non-hydrogen) atoms. The molecule has 0 saturated carbocycles. The quantitative estimate of drug-likeness (QED) is 0.0415. The Balaban J connectivity index is 5.72. The molecule has 19 nitrogen and oxygen atoms in total. The van der Waals surface area contributed by atoms with Crippen LogP contribution in [0.5, 0.6) is 0 Å². The number of esters is 1. The molecule has 0 radical (unpaired) electrons. The van der Waals surface area contributed by atoms with E-state index >= 15 is 0 Å². The van der Waals surface area contributed by atoms with Gasteiger partial charge in [0.1, 0.15) is 67.1 Å². The molecule has 0 aliphatic rings. The summed E-state index contributed by atoms with van der Waals surface area (Å²) in [6, 6.07) is 0. The molecule has 13 unspecified atom stereocenters. The minimum atomic E-state index is -3.46. The smallest absolute Gasteiger partial charge is 0.339 e. The van der Waals surface area contributed by atoms with E-state index in [-0.39, 0.29) is 0 Å². The van der Waals surface area contributed by atoms with Gasteiger partial charge in [0.05, 0.1) is 19.8 Å². The number of rotatable bonds is 18.